The molecule has 0 aromatic carbocycles. The van der Waals surface area contributed by atoms with Gasteiger partial charge in [-0.05, 0) is 32.1 Å². The predicted octanol–water partition coefficient (Wildman–Crippen LogP) is 1.74. The molecule has 1 aromatic rings. The Labute approximate surface area is 120 Å². The van der Waals surface area contributed by atoms with Crippen molar-refractivity contribution >= 4 is 11.8 Å². The van der Waals surface area contributed by atoms with Gasteiger partial charge in [0.2, 0.25) is 5.95 Å². The van der Waals surface area contributed by atoms with E-state index in [0.29, 0.717) is 17.8 Å². The summed E-state index contributed by atoms with van der Waals surface area (Å²) < 4.78 is 0. The smallest absolute Gasteiger partial charge is 0.222 e. The van der Waals surface area contributed by atoms with Crippen molar-refractivity contribution in [1.29, 1.82) is 0 Å². The van der Waals surface area contributed by atoms with Gasteiger partial charge in [-0.25, -0.2) is 4.98 Å². The van der Waals surface area contributed by atoms with Crippen molar-refractivity contribution in [1.82, 2.24) is 9.97 Å². The van der Waals surface area contributed by atoms with Gasteiger partial charge < -0.3 is 15.7 Å². The lowest BCUT2D eigenvalue weighted by atomic mass is 9.69. The van der Waals surface area contributed by atoms with Crippen molar-refractivity contribution in [3.05, 3.63) is 11.8 Å². The number of aryl methyl sites for hydroxylation is 1. The van der Waals surface area contributed by atoms with Crippen molar-refractivity contribution in [2.24, 2.45) is 11.8 Å². The summed E-state index contributed by atoms with van der Waals surface area (Å²) in [6, 6.07) is 1.98. The molecule has 2 aliphatic rings. The largest absolute Gasteiger partial charge is 0.390 e. The molecule has 3 atom stereocenters. The maximum atomic E-state index is 10.8. The fourth-order valence-electron chi connectivity index (χ4n) is 3.99. The van der Waals surface area contributed by atoms with Crippen molar-refractivity contribution in [3.63, 3.8) is 0 Å². The maximum absolute atomic E-state index is 10.8. The van der Waals surface area contributed by atoms with Gasteiger partial charge in [0.15, 0.2) is 0 Å². The van der Waals surface area contributed by atoms with Crippen LogP contribution < -0.4 is 10.6 Å². The van der Waals surface area contributed by atoms with Gasteiger partial charge in [0, 0.05) is 30.8 Å². The summed E-state index contributed by atoms with van der Waals surface area (Å²) in [4.78, 5) is 10.8. The van der Waals surface area contributed by atoms with Crippen LogP contribution in [0.3, 0.4) is 0 Å². The molecule has 3 rings (SSSR count). The first kappa shape index (κ1) is 13.6. The third kappa shape index (κ3) is 2.24. The average molecular weight is 276 g/mol. The summed E-state index contributed by atoms with van der Waals surface area (Å²) in [5.41, 5.74) is 6.16. The minimum absolute atomic E-state index is 0.334. The van der Waals surface area contributed by atoms with E-state index < -0.39 is 5.60 Å². The van der Waals surface area contributed by atoms with E-state index >= 15 is 0 Å². The van der Waals surface area contributed by atoms with Gasteiger partial charge in [-0.2, -0.15) is 4.98 Å². The van der Waals surface area contributed by atoms with Crippen molar-refractivity contribution in [2.75, 3.05) is 23.7 Å². The number of nitrogens with zero attached hydrogens (tertiary/aromatic N) is 3. The third-order valence-corrected chi connectivity index (χ3v) is 5.11. The fraction of sp³-hybridized carbons (Fsp3) is 0.733. The molecule has 110 valence electrons. The molecular formula is C15H24N4O. The van der Waals surface area contributed by atoms with Crippen molar-refractivity contribution in [3.8, 4) is 0 Å². The highest BCUT2D eigenvalue weighted by atomic mass is 16.3. The zero-order chi connectivity index (χ0) is 14.3. The molecule has 5 heteroatoms. The first-order valence-corrected chi connectivity index (χ1v) is 7.60. The maximum Gasteiger partial charge on any atom is 0.222 e. The van der Waals surface area contributed by atoms with Crippen LogP contribution in [-0.2, 0) is 0 Å². The Morgan fingerprint density at radius 2 is 2.25 bits per heavy atom. The normalized spacial score (nSPS) is 33.2. The predicted molar refractivity (Wildman–Crippen MR) is 79.5 cm³/mol. The Morgan fingerprint density at radius 1 is 1.45 bits per heavy atom. The van der Waals surface area contributed by atoms with Gasteiger partial charge in [0.25, 0.3) is 0 Å². The molecule has 5 nitrogen and oxygen atoms in total. The van der Waals surface area contributed by atoms with E-state index in [2.05, 4.69) is 21.8 Å². The first-order chi connectivity index (χ1) is 9.51. The molecule has 20 heavy (non-hydrogen) atoms. The summed E-state index contributed by atoms with van der Waals surface area (Å²) >= 11 is 0. The molecule has 3 N–H and O–H groups in total. The van der Waals surface area contributed by atoms with E-state index in [9.17, 15) is 5.11 Å². The Balaban J connectivity index is 1.85. The standard InChI is InChI=1S/C15H24N4O/c1-3-15(20)6-4-5-11-8-19(9-12(11)15)13-7-10(2)17-14(16)18-13/h7,11-12,20H,3-6,8-9H2,1-2H3,(H2,16,17,18)/t11-,12+,15-/m1/s1. The molecule has 0 unspecified atom stereocenters. The van der Waals surface area contributed by atoms with Crippen LogP contribution in [0.2, 0.25) is 0 Å². The number of nitrogens with two attached hydrogens (primary N) is 1. The lowest BCUT2D eigenvalue weighted by Crippen LogP contribution is -2.44. The minimum Gasteiger partial charge on any atom is -0.390 e. The van der Waals surface area contributed by atoms with Crippen molar-refractivity contribution in [2.45, 2.75) is 45.1 Å². The molecule has 1 aromatic heterocycles. The molecule has 1 aliphatic heterocycles. The Morgan fingerprint density at radius 3 is 2.95 bits per heavy atom. The van der Waals surface area contributed by atoms with Crippen LogP contribution in [0.5, 0.6) is 0 Å². The Kier molecular flexibility index (Phi) is 3.32. The van der Waals surface area contributed by atoms with Crippen LogP contribution in [0.25, 0.3) is 0 Å². The van der Waals surface area contributed by atoms with Gasteiger partial charge >= 0.3 is 0 Å². The Hall–Kier alpha value is -1.36. The molecule has 2 heterocycles. The van der Waals surface area contributed by atoms with Crippen LogP contribution in [-0.4, -0.2) is 33.8 Å². The SMILES string of the molecule is CC[C@@]1(O)CCC[C@@H]2CN(c3cc(C)nc(N)n3)C[C@@H]21. The molecular weight excluding hydrogens is 252 g/mol. The zero-order valence-corrected chi connectivity index (χ0v) is 12.3. The van der Waals surface area contributed by atoms with Crippen LogP contribution in [0.15, 0.2) is 6.07 Å². The summed E-state index contributed by atoms with van der Waals surface area (Å²) in [5.74, 6) is 2.17. The highest BCUT2D eigenvalue weighted by molar-refractivity contribution is 5.45. The van der Waals surface area contributed by atoms with Crippen LogP contribution >= 0.6 is 0 Å². The highest BCUT2D eigenvalue weighted by Crippen LogP contribution is 2.45. The minimum atomic E-state index is -0.495. The summed E-state index contributed by atoms with van der Waals surface area (Å²) in [5, 5.41) is 10.8. The first-order valence-electron chi connectivity index (χ1n) is 7.60. The summed E-state index contributed by atoms with van der Waals surface area (Å²) in [6.45, 7) is 5.89. The third-order valence-electron chi connectivity index (χ3n) is 5.11. The van der Waals surface area contributed by atoms with E-state index in [1.54, 1.807) is 0 Å². The molecule has 0 bridgehead atoms. The Bertz CT molecular complexity index is 486. The highest BCUT2D eigenvalue weighted by Gasteiger charge is 2.48. The van der Waals surface area contributed by atoms with E-state index in [-0.39, 0.29) is 0 Å². The van der Waals surface area contributed by atoms with Gasteiger partial charge in [-0.15, -0.1) is 0 Å². The van der Waals surface area contributed by atoms with Gasteiger partial charge in [0.05, 0.1) is 5.60 Å². The van der Waals surface area contributed by atoms with Crippen LogP contribution in [0.1, 0.15) is 38.3 Å². The van der Waals surface area contributed by atoms with Crippen molar-refractivity contribution < 1.29 is 5.11 Å². The summed E-state index contributed by atoms with van der Waals surface area (Å²) in [6.07, 6.45) is 4.11. The van der Waals surface area contributed by atoms with E-state index in [1.165, 1.54) is 6.42 Å². The molecule has 0 amide bonds. The van der Waals surface area contributed by atoms with E-state index in [1.807, 2.05) is 13.0 Å². The monoisotopic (exact) mass is 276 g/mol. The number of fused-ring (bicyclic) bond motifs is 1. The number of aromatic nitrogens is 2. The number of aliphatic hydroxyl groups is 1. The number of rotatable bonds is 2. The number of hydrogen-bond donors (Lipinski definition) is 2. The van der Waals surface area contributed by atoms with Gasteiger partial charge in [-0.3, -0.25) is 0 Å². The lowest BCUT2D eigenvalue weighted by Gasteiger charge is -2.40. The lowest BCUT2D eigenvalue weighted by molar-refractivity contribution is -0.0597. The number of nitrogen functional groups attached to an aromatic ring is 1. The second-order valence-corrected chi connectivity index (χ2v) is 6.35. The van der Waals surface area contributed by atoms with E-state index in [0.717, 1.165) is 43.9 Å². The zero-order valence-electron chi connectivity index (χ0n) is 12.3. The van der Waals surface area contributed by atoms with Gasteiger partial charge in [0.1, 0.15) is 5.82 Å². The topological polar surface area (TPSA) is 75.3 Å². The molecule has 2 fully saturated rings. The van der Waals surface area contributed by atoms with Gasteiger partial charge in [-0.1, -0.05) is 13.3 Å². The molecule has 0 radical (unpaired) electrons. The van der Waals surface area contributed by atoms with Crippen LogP contribution in [0.4, 0.5) is 11.8 Å². The fourth-order valence-corrected chi connectivity index (χ4v) is 3.99. The second kappa shape index (κ2) is 4.88. The number of hydrogen-bond acceptors (Lipinski definition) is 5. The quantitative estimate of drug-likeness (QED) is 0.860. The second-order valence-electron chi connectivity index (χ2n) is 6.35. The molecule has 0 spiro atoms. The van der Waals surface area contributed by atoms with E-state index in [4.69, 9.17) is 5.73 Å². The summed E-state index contributed by atoms with van der Waals surface area (Å²) in [7, 11) is 0. The molecule has 1 saturated carbocycles. The molecule has 1 aliphatic carbocycles. The van der Waals surface area contributed by atoms with Crippen LogP contribution in [0, 0.1) is 18.8 Å². The number of anilines is 2. The molecule has 1 saturated heterocycles. The average Bonchev–Trinajstić information content (AvgIpc) is 2.83.